The van der Waals surface area contributed by atoms with Crippen LogP contribution in [0.2, 0.25) is 0 Å². The summed E-state index contributed by atoms with van der Waals surface area (Å²) in [7, 11) is 0. The molecule has 1 unspecified atom stereocenters. The second-order valence-electron chi connectivity index (χ2n) is 7.83. The molecule has 4 rings (SSSR count). The van der Waals surface area contributed by atoms with Crippen LogP contribution < -0.4 is 10.6 Å². The Kier molecular flexibility index (Phi) is 6.42. The minimum absolute atomic E-state index is 0.00290. The summed E-state index contributed by atoms with van der Waals surface area (Å²) in [5.41, 5.74) is 1.07. The first-order valence-electron chi connectivity index (χ1n) is 10.5. The summed E-state index contributed by atoms with van der Waals surface area (Å²) >= 11 is 0. The predicted molar refractivity (Wildman–Crippen MR) is 112 cm³/mol. The van der Waals surface area contributed by atoms with Crippen molar-refractivity contribution in [1.82, 2.24) is 5.32 Å². The molecule has 2 amide bonds. The summed E-state index contributed by atoms with van der Waals surface area (Å²) in [6.07, 6.45) is 4.97. The molecule has 0 radical (unpaired) electrons. The van der Waals surface area contributed by atoms with Crippen molar-refractivity contribution in [2.75, 3.05) is 31.7 Å². The fourth-order valence-electron chi connectivity index (χ4n) is 3.57. The number of nitrogens with one attached hydrogen (secondary N) is 2. The van der Waals surface area contributed by atoms with Gasteiger partial charge in [0.2, 0.25) is 5.91 Å². The van der Waals surface area contributed by atoms with Crippen molar-refractivity contribution in [1.29, 1.82) is 0 Å². The van der Waals surface area contributed by atoms with E-state index in [2.05, 4.69) is 10.6 Å². The Bertz CT molecular complexity index is 872. The van der Waals surface area contributed by atoms with Gasteiger partial charge < -0.3 is 20.1 Å². The average Bonchev–Trinajstić information content (AvgIpc) is 3.46. The Labute approximate surface area is 170 Å². The number of amides is 2. The van der Waals surface area contributed by atoms with E-state index < -0.39 is 0 Å². The van der Waals surface area contributed by atoms with E-state index >= 15 is 0 Å². The molecule has 2 aromatic carbocycles. The lowest BCUT2D eigenvalue weighted by molar-refractivity contribution is -0.117. The van der Waals surface area contributed by atoms with Crippen LogP contribution in [0, 0.1) is 5.92 Å². The second kappa shape index (κ2) is 9.37. The molecule has 6 heteroatoms. The van der Waals surface area contributed by atoms with Crippen LogP contribution in [0.5, 0.6) is 0 Å². The van der Waals surface area contributed by atoms with Gasteiger partial charge in [-0.25, -0.2) is 0 Å². The van der Waals surface area contributed by atoms with Gasteiger partial charge in [-0.2, -0.15) is 0 Å². The van der Waals surface area contributed by atoms with Crippen LogP contribution in [-0.2, 0) is 14.3 Å². The minimum Gasteiger partial charge on any atom is -0.379 e. The molecule has 2 N–H and O–H groups in total. The van der Waals surface area contributed by atoms with Crippen LogP contribution in [0.3, 0.4) is 0 Å². The zero-order valence-electron chi connectivity index (χ0n) is 16.6. The Balaban J connectivity index is 1.34. The highest BCUT2D eigenvalue weighted by Crippen LogP contribution is 2.32. The number of carbonyl (C=O) groups is 2. The first-order valence-corrected chi connectivity index (χ1v) is 10.5. The van der Waals surface area contributed by atoms with Crippen molar-refractivity contribution in [3.05, 3.63) is 42.0 Å². The number of hydrogen-bond donors (Lipinski definition) is 2. The van der Waals surface area contributed by atoms with Crippen LogP contribution in [0.15, 0.2) is 36.4 Å². The van der Waals surface area contributed by atoms with Gasteiger partial charge in [0.05, 0.1) is 24.0 Å². The van der Waals surface area contributed by atoms with Gasteiger partial charge in [-0.1, -0.05) is 24.3 Å². The number of benzene rings is 2. The number of hydrogen-bond acceptors (Lipinski definition) is 4. The van der Waals surface area contributed by atoms with Gasteiger partial charge in [-0.15, -0.1) is 0 Å². The van der Waals surface area contributed by atoms with E-state index in [-0.39, 0.29) is 23.8 Å². The number of anilines is 1. The van der Waals surface area contributed by atoms with E-state index in [0.717, 1.165) is 49.5 Å². The smallest absolute Gasteiger partial charge is 0.253 e. The van der Waals surface area contributed by atoms with E-state index in [1.807, 2.05) is 36.4 Å². The molecule has 1 saturated heterocycles. The molecule has 2 aliphatic rings. The summed E-state index contributed by atoms with van der Waals surface area (Å²) in [5.74, 6) is -0.101. The Morgan fingerprint density at radius 2 is 1.90 bits per heavy atom. The summed E-state index contributed by atoms with van der Waals surface area (Å²) < 4.78 is 11.2. The summed E-state index contributed by atoms with van der Waals surface area (Å²) in [4.78, 5) is 25.1. The van der Waals surface area contributed by atoms with Gasteiger partial charge in [-0.05, 0) is 55.0 Å². The molecular formula is C23H28N2O4. The largest absolute Gasteiger partial charge is 0.379 e. The quantitative estimate of drug-likeness (QED) is 0.636. The molecule has 0 spiro atoms. The van der Waals surface area contributed by atoms with Gasteiger partial charge in [0.1, 0.15) is 0 Å². The van der Waals surface area contributed by atoms with Crippen molar-refractivity contribution in [2.24, 2.45) is 5.92 Å². The molecule has 0 aromatic heterocycles. The van der Waals surface area contributed by atoms with E-state index in [9.17, 15) is 9.59 Å². The Morgan fingerprint density at radius 1 is 1.10 bits per heavy atom. The van der Waals surface area contributed by atoms with Gasteiger partial charge in [0, 0.05) is 25.7 Å². The number of carbonyl (C=O) groups excluding carboxylic acids is 2. The van der Waals surface area contributed by atoms with E-state index in [4.69, 9.17) is 9.47 Å². The predicted octanol–water partition coefficient (Wildman–Crippen LogP) is 3.50. The lowest BCUT2D eigenvalue weighted by Crippen LogP contribution is -2.27. The third-order valence-corrected chi connectivity index (χ3v) is 5.42. The fourth-order valence-corrected chi connectivity index (χ4v) is 3.57. The maximum Gasteiger partial charge on any atom is 0.253 e. The van der Waals surface area contributed by atoms with Crippen LogP contribution in [0.1, 0.15) is 42.5 Å². The third kappa shape index (κ3) is 5.34. The van der Waals surface area contributed by atoms with Crippen LogP contribution in [0.25, 0.3) is 10.8 Å². The van der Waals surface area contributed by atoms with E-state index in [1.54, 1.807) is 0 Å². The molecule has 2 fully saturated rings. The van der Waals surface area contributed by atoms with Crippen LogP contribution >= 0.6 is 0 Å². The monoisotopic (exact) mass is 396 g/mol. The lowest BCUT2D eigenvalue weighted by Gasteiger charge is -2.14. The maximum atomic E-state index is 12.8. The molecule has 154 valence electrons. The van der Waals surface area contributed by atoms with Crippen LogP contribution in [-0.4, -0.2) is 44.3 Å². The average molecular weight is 396 g/mol. The minimum atomic E-state index is -0.180. The highest BCUT2D eigenvalue weighted by Gasteiger charge is 2.30. The standard InChI is InChI=1S/C23H28N2O4/c26-22(16-8-9-16)25-21-14-18-6-2-1-5-17(18)13-20(21)23(27)24-10-4-11-28-15-19-7-3-12-29-19/h1-2,5-6,13-14,16,19H,3-4,7-12,15H2,(H,24,27)(H,25,26). The summed E-state index contributed by atoms with van der Waals surface area (Å²) in [6.45, 7) is 2.56. The molecule has 1 saturated carbocycles. The molecule has 6 nitrogen and oxygen atoms in total. The Morgan fingerprint density at radius 3 is 2.62 bits per heavy atom. The van der Waals surface area contributed by atoms with E-state index in [0.29, 0.717) is 31.0 Å². The molecule has 1 aliphatic carbocycles. The zero-order valence-corrected chi connectivity index (χ0v) is 16.6. The summed E-state index contributed by atoms with van der Waals surface area (Å²) in [5, 5.41) is 7.87. The summed E-state index contributed by atoms with van der Waals surface area (Å²) in [6, 6.07) is 11.6. The van der Waals surface area contributed by atoms with Gasteiger partial charge in [0.15, 0.2) is 0 Å². The first-order chi connectivity index (χ1) is 14.2. The van der Waals surface area contributed by atoms with Crippen molar-refractivity contribution in [3.8, 4) is 0 Å². The topological polar surface area (TPSA) is 76.7 Å². The Hall–Kier alpha value is -2.44. The van der Waals surface area contributed by atoms with Gasteiger partial charge >= 0.3 is 0 Å². The van der Waals surface area contributed by atoms with E-state index in [1.165, 1.54) is 0 Å². The normalized spacial score (nSPS) is 18.7. The number of rotatable bonds is 9. The van der Waals surface area contributed by atoms with Crippen molar-refractivity contribution >= 4 is 28.3 Å². The molecule has 2 aromatic rings. The van der Waals surface area contributed by atoms with Crippen molar-refractivity contribution in [2.45, 2.75) is 38.2 Å². The molecule has 29 heavy (non-hydrogen) atoms. The lowest BCUT2D eigenvalue weighted by atomic mass is 10.0. The third-order valence-electron chi connectivity index (χ3n) is 5.42. The number of ether oxygens (including phenoxy) is 2. The van der Waals surface area contributed by atoms with Crippen LogP contribution in [0.4, 0.5) is 5.69 Å². The maximum absolute atomic E-state index is 12.8. The highest BCUT2D eigenvalue weighted by atomic mass is 16.5. The van der Waals surface area contributed by atoms with Gasteiger partial charge in [-0.3, -0.25) is 9.59 Å². The number of fused-ring (bicyclic) bond motifs is 1. The first kappa shape index (κ1) is 19.9. The fraction of sp³-hybridized carbons (Fsp3) is 0.478. The molecule has 0 bridgehead atoms. The molecule has 1 atom stereocenters. The second-order valence-corrected chi connectivity index (χ2v) is 7.83. The molecular weight excluding hydrogens is 368 g/mol. The zero-order chi connectivity index (χ0) is 20.1. The highest BCUT2D eigenvalue weighted by molar-refractivity contribution is 6.08. The molecule has 1 heterocycles. The van der Waals surface area contributed by atoms with Crippen molar-refractivity contribution < 1.29 is 19.1 Å². The van der Waals surface area contributed by atoms with Crippen molar-refractivity contribution in [3.63, 3.8) is 0 Å². The SMILES string of the molecule is O=C(NCCCOCC1CCCO1)c1cc2ccccc2cc1NC(=O)C1CC1. The van der Waals surface area contributed by atoms with Gasteiger partial charge in [0.25, 0.3) is 5.91 Å². The molecule has 1 aliphatic heterocycles.